The number of fused-ring (bicyclic) bond motifs is 2. The Labute approximate surface area is 133 Å². The van der Waals surface area contributed by atoms with E-state index in [2.05, 4.69) is 17.6 Å². The number of phenols is 1. The molecule has 2 aromatic carbocycles. The summed E-state index contributed by atoms with van der Waals surface area (Å²) in [6.45, 7) is 2.94. The number of aromatic hydroxyl groups is 1. The number of hydrogen-bond donors (Lipinski definition) is 1. The van der Waals surface area contributed by atoms with Gasteiger partial charge in [0.1, 0.15) is 11.5 Å². The molecule has 0 bridgehead atoms. The number of rotatable bonds is 2. The van der Waals surface area contributed by atoms with Gasteiger partial charge in [0.2, 0.25) is 5.78 Å². The van der Waals surface area contributed by atoms with Crippen LogP contribution in [0.5, 0.6) is 11.5 Å². The minimum absolute atomic E-state index is 0.0837. The van der Waals surface area contributed by atoms with Gasteiger partial charge in [0.15, 0.2) is 5.76 Å². The largest absolute Gasteiger partial charge is 0.508 e. The first-order valence-corrected chi connectivity index (χ1v) is 7.52. The summed E-state index contributed by atoms with van der Waals surface area (Å²) in [6.07, 6.45) is 3.79. The zero-order valence-corrected chi connectivity index (χ0v) is 12.6. The van der Waals surface area contributed by atoms with Gasteiger partial charge in [0, 0.05) is 35.3 Å². The molecule has 4 nitrogen and oxygen atoms in total. The van der Waals surface area contributed by atoms with Gasteiger partial charge in [-0.2, -0.15) is 0 Å². The van der Waals surface area contributed by atoms with Crippen molar-refractivity contribution >= 4 is 22.8 Å². The molecule has 1 N–H and O–H groups in total. The molecule has 0 spiro atoms. The maximum Gasteiger partial charge on any atom is 0.231 e. The second-order valence-electron chi connectivity index (χ2n) is 5.51. The van der Waals surface area contributed by atoms with Crippen molar-refractivity contribution in [2.24, 2.45) is 0 Å². The molecular formula is C19H15NO3. The van der Waals surface area contributed by atoms with E-state index in [1.54, 1.807) is 12.1 Å². The van der Waals surface area contributed by atoms with Crippen molar-refractivity contribution in [1.29, 1.82) is 0 Å². The van der Waals surface area contributed by atoms with E-state index in [9.17, 15) is 9.90 Å². The molecule has 0 radical (unpaired) electrons. The predicted molar refractivity (Wildman–Crippen MR) is 88.7 cm³/mol. The summed E-state index contributed by atoms with van der Waals surface area (Å²) in [4.78, 5) is 12.4. The van der Waals surface area contributed by atoms with Gasteiger partial charge in [-0.15, -0.1) is 0 Å². The van der Waals surface area contributed by atoms with E-state index in [1.165, 1.54) is 12.1 Å². The average molecular weight is 305 g/mol. The molecule has 4 heteroatoms. The Morgan fingerprint density at radius 1 is 1.22 bits per heavy atom. The molecule has 0 unspecified atom stereocenters. The zero-order valence-electron chi connectivity index (χ0n) is 12.6. The molecule has 3 aromatic rings. The number of hydrogen-bond acceptors (Lipinski definition) is 3. The maximum absolute atomic E-state index is 12.4. The normalized spacial score (nSPS) is 15.2. The third kappa shape index (κ3) is 2.11. The number of ether oxygens (including phenoxy) is 1. The lowest BCUT2D eigenvalue weighted by Crippen LogP contribution is -1.97. The van der Waals surface area contributed by atoms with Gasteiger partial charge in [-0.1, -0.05) is 18.2 Å². The number of phenolic OH excluding ortho intramolecular Hbond substituents is 1. The quantitative estimate of drug-likeness (QED) is 0.729. The minimum atomic E-state index is -0.159. The predicted octanol–water partition coefficient (Wildman–Crippen LogP) is 3.98. The Balaban J connectivity index is 1.82. The second-order valence-corrected chi connectivity index (χ2v) is 5.51. The molecule has 0 amide bonds. The van der Waals surface area contributed by atoms with Crippen LogP contribution in [0.1, 0.15) is 22.8 Å². The highest BCUT2D eigenvalue weighted by Crippen LogP contribution is 2.35. The van der Waals surface area contributed by atoms with Crippen molar-refractivity contribution < 1.29 is 14.6 Å². The molecule has 1 aliphatic rings. The summed E-state index contributed by atoms with van der Waals surface area (Å²) in [5.41, 5.74) is 2.55. The van der Waals surface area contributed by atoms with Gasteiger partial charge in [-0.25, -0.2) is 0 Å². The van der Waals surface area contributed by atoms with Crippen molar-refractivity contribution in [3.05, 3.63) is 65.5 Å². The van der Waals surface area contributed by atoms with E-state index >= 15 is 0 Å². The van der Waals surface area contributed by atoms with Crippen molar-refractivity contribution in [2.75, 3.05) is 0 Å². The van der Waals surface area contributed by atoms with Crippen LogP contribution in [-0.4, -0.2) is 15.5 Å². The Morgan fingerprint density at radius 2 is 2.04 bits per heavy atom. The van der Waals surface area contributed by atoms with E-state index in [0.717, 1.165) is 23.0 Å². The Bertz CT molecular complexity index is 966. The van der Waals surface area contributed by atoms with E-state index < -0.39 is 0 Å². The van der Waals surface area contributed by atoms with Crippen LogP contribution in [0.3, 0.4) is 0 Å². The molecule has 2 heterocycles. The molecular weight excluding hydrogens is 290 g/mol. The smallest absolute Gasteiger partial charge is 0.231 e. The van der Waals surface area contributed by atoms with Crippen LogP contribution in [0.2, 0.25) is 0 Å². The number of nitrogens with zero attached hydrogens (tertiary/aromatic N) is 1. The molecule has 114 valence electrons. The fraction of sp³-hybridized carbons (Fsp3) is 0.105. The van der Waals surface area contributed by atoms with Crippen LogP contribution in [0.15, 0.2) is 54.4 Å². The number of carbonyl (C=O) groups excluding carboxylic acids is 1. The van der Waals surface area contributed by atoms with Gasteiger partial charge in [0.25, 0.3) is 0 Å². The molecule has 0 atom stereocenters. The van der Waals surface area contributed by atoms with Crippen LogP contribution in [0.25, 0.3) is 17.0 Å². The van der Waals surface area contributed by atoms with Gasteiger partial charge in [-0.05, 0) is 31.2 Å². The standard InChI is InChI=1S/C19H15NO3/c1-2-20-11-12(14-5-3-4-6-16(14)20)9-18-19(22)15-8-7-13(21)10-17(15)23-18/h3-11,21H,2H2,1H3/b18-9+. The van der Waals surface area contributed by atoms with Crippen molar-refractivity contribution in [2.45, 2.75) is 13.5 Å². The first kappa shape index (κ1) is 13.6. The number of ketones is 1. The fourth-order valence-electron chi connectivity index (χ4n) is 2.97. The molecule has 0 aliphatic carbocycles. The second kappa shape index (κ2) is 5.02. The lowest BCUT2D eigenvalue weighted by Gasteiger charge is -1.98. The van der Waals surface area contributed by atoms with Gasteiger partial charge < -0.3 is 14.4 Å². The highest BCUT2D eigenvalue weighted by Gasteiger charge is 2.27. The third-order valence-electron chi connectivity index (χ3n) is 4.10. The van der Waals surface area contributed by atoms with Crippen LogP contribution in [0, 0.1) is 0 Å². The van der Waals surface area contributed by atoms with Gasteiger partial charge in [-0.3, -0.25) is 4.79 Å². The maximum atomic E-state index is 12.4. The van der Waals surface area contributed by atoms with E-state index in [-0.39, 0.29) is 17.3 Å². The van der Waals surface area contributed by atoms with Crippen molar-refractivity contribution in [1.82, 2.24) is 4.57 Å². The number of carbonyl (C=O) groups is 1. The number of benzene rings is 2. The van der Waals surface area contributed by atoms with Crippen molar-refractivity contribution in [3.8, 4) is 11.5 Å². The first-order chi connectivity index (χ1) is 11.2. The topological polar surface area (TPSA) is 51.5 Å². The van der Waals surface area contributed by atoms with E-state index in [4.69, 9.17) is 4.74 Å². The molecule has 1 aromatic heterocycles. The summed E-state index contributed by atoms with van der Waals surface area (Å²) in [5.74, 6) is 0.610. The molecule has 0 saturated heterocycles. The number of aryl methyl sites for hydroxylation is 1. The summed E-state index contributed by atoms with van der Waals surface area (Å²) in [5, 5.41) is 10.6. The van der Waals surface area contributed by atoms with Crippen LogP contribution in [-0.2, 0) is 6.54 Å². The number of aromatic nitrogens is 1. The lowest BCUT2D eigenvalue weighted by molar-refractivity contribution is 0.101. The Hall–Kier alpha value is -3.01. The summed E-state index contributed by atoms with van der Waals surface area (Å²) >= 11 is 0. The Kier molecular flexibility index (Phi) is 2.98. The van der Waals surface area contributed by atoms with Crippen LogP contribution < -0.4 is 4.74 Å². The van der Waals surface area contributed by atoms with E-state index in [0.29, 0.717) is 11.3 Å². The SMILES string of the molecule is CCn1cc(/C=C2/Oc3cc(O)ccc3C2=O)c2ccccc21. The summed E-state index contributed by atoms with van der Waals surface area (Å²) in [6, 6.07) is 12.6. The lowest BCUT2D eigenvalue weighted by atomic mass is 10.1. The fourth-order valence-corrected chi connectivity index (χ4v) is 2.97. The molecule has 4 rings (SSSR count). The number of Topliss-reactive ketones (excluding diaryl/α,β-unsaturated/α-hetero) is 1. The number of para-hydroxylation sites is 1. The molecule has 0 fully saturated rings. The Morgan fingerprint density at radius 3 is 2.87 bits per heavy atom. The first-order valence-electron chi connectivity index (χ1n) is 7.52. The zero-order chi connectivity index (χ0) is 16.0. The van der Waals surface area contributed by atoms with Crippen LogP contribution in [0.4, 0.5) is 0 Å². The highest BCUT2D eigenvalue weighted by molar-refractivity contribution is 6.15. The highest BCUT2D eigenvalue weighted by atomic mass is 16.5. The summed E-state index contributed by atoms with van der Waals surface area (Å²) in [7, 11) is 0. The molecule has 0 saturated carbocycles. The monoisotopic (exact) mass is 305 g/mol. The van der Waals surface area contributed by atoms with Gasteiger partial charge in [0.05, 0.1) is 5.56 Å². The third-order valence-corrected chi connectivity index (χ3v) is 4.10. The van der Waals surface area contributed by atoms with Gasteiger partial charge >= 0.3 is 0 Å². The molecule has 23 heavy (non-hydrogen) atoms. The minimum Gasteiger partial charge on any atom is -0.508 e. The average Bonchev–Trinajstić information content (AvgIpc) is 3.06. The van der Waals surface area contributed by atoms with Crippen molar-refractivity contribution in [3.63, 3.8) is 0 Å². The van der Waals surface area contributed by atoms with Crippen LogP contribution >= 0.6 is 0 Å². The summed E-state index contributed by atoms with van der Waals surface area (Å²) < 4.78 is 7.78. The number of allylic oxidation sites excluding steroid dienone is 1. The van der Waals surface area contributed by atoms with E-state index in [1.807, 2.05) is 24.4 Å². The molecule has 1 aliphatic heterocycles.